The Labute approximate surface area is 85.8 Å². The van der Waals surface area contributed by atoms with Gasteiger partial charge in [0.1, 0.15) is 18.3 Å². The molecule has 1 aliphatic rings. The van der Waals surface area contributed by atoms with Crippen LogP contribution in [0.15, 0.2) is 0 Å². The number of aliphatic hydroxyl groups is 4. The van der Waals surface area contributed by atoms with Crippen LogP contribution in [-0.2, 0) is 21.8 Å². The van der Waals surface area contributed by atoms with Crippen molar-refractivity contribution in [3.8, 4) is 0 Å². The molecule has 1 fully saturated rings. The second kappa shape index (κ2) is 5.23. The standard InChI is InChI=1S/C6H13NO5.Mn/c7-3-5(10)4(9)2(1-8)12-6(3)11;/h2-6,8-11H,1,7H2;/t2-,3-,4-,5-,6-;/m1./s1. The van der Waals surface area contributed by atoms with Gasteiger partial charge < -0.3 is 30.9 Å². The zero-order valence-electron chi connectivity index (χ0n) is 6.75. The van der Waals surface area contributed by atoms with Gasteiger partial charge in [-0.1, -0.05) is 0 Å². The first-order chi connectivity index (χ1) is 5.57. The maximum atomic E-state index is 9.20. The number of nitrogens with two attached hydrogens (primary N) is 1. The van der Waals surface area contributed by atoms with E-state index in [4.69, 9.17) is 20.7 Å². The Morgan fingerprint density at radius 3 is 2.15 bits per heavy atom. The fourth-order valence-corrected chi connectivity index (χ4v) is 1.12. The number of hydrogen-bond acceptors (Lipinski definition) is 6. The molecule has 13 heavy (non-hydrogen) atoms. The molecule has 0 aliphatic carbocycles. The van der Waals surface area contributed by atoms with Crippen LogP contribution in [0.3, 0.4) is 0 Å². The Balaban J connectivity index is 0.00000144. The normalized spacial score (nSPS) is 45.5. The number of ether oxygens (including phenoxy) is 1. The van der Waals surface area contributed by atoms with Crippen LogP contribution in [0.1, 0.15) is 0 Å². The molecule has 0 aromatic carbocycles. The number of aliphatic hydroxyl groups excluding tert-OH is 4. The SMILES string of the molecule is N[C@@H]1[C@@H](O)[C@H](O)[C@@H](CO)O[C@H]1O.[Mn]. The topological polar surface area (TPSA) is 116 Å². The quantitative estimate of drug-likeness (QED) is 0.304. The molecule has 7 heteroatoms. The summed E-state index contributed by atoms with van der Waals surface area (Å²) in [6, 6.07) is -1.04. The minimum atomic E-state index is -1.35. The van der Waals surface area contributed by atoms with E-state index in [1.54, 1.807) is 0 Å². The summed E-state index contributed by atoms with van der Waals surface area (Å²) in [7, 11) is 0. The van der Waals surface area contributed by atoms with E-state index in [9.17, 15) is 10.2 Å². The van der Waals surface area contributed by atoms with Gasteiger partial charge in [-0.25, -0.2) is 0 Å². The largest absolute Gasteiger partial charge is 0.394 e. The van der Waals surface area contributed by atoms with Gasteiger partial charge in [0.25, 0.3) is 0 Å². The zero-order chi connectivity index (χ0) is 9.30. The maximum Gasteiger partial charge on any atom is 0.173 e. The molecular formula is C6H13MnNO5. The zero-order valence-corrected chi connectivity index (χ0v) is 7.93. The third-order valence-electron chi connectivity index (χ3n) is 1.95. The molecule has 0 saturated carbocycles. The maximum absolute atomic E-state index is 9.20. The molecule has 1 heterocycles. The summed E-state index contributed by atoms with van der Waals surface area (Å²) in [5.41, 5.74) is 5.26. The Bertz CT molecular complexity index is 155. The third kappa shape index (κ3) is 2.61. The smallest absolute Gasteiger partial charge is 0.173 e. The molecule has 0 aromatic rings. The Morgan fingerprint density at radius 2 is 1.69 bits per heavy atom. The minimum absolute atomic E-state index is 0. The molecule has 0 unspecified atom stereocenters. The van der Waals surface area contributed by atoms with Gasteiger partial charge in [0.05, 0.1) is 12.6 Å². The van der Waals surface area contributed by atoms with Crippen molar-refractivity contribution >= 4 is 0 Å². The number of hydrogen-bond donors (Lipinski definition) is 5. The monoisotopic (exact) mass is 234 g/mol. The van der Waals surface area contributed by atoms with E-state index in [2.05, 4.69) is 0 Å². The van der Waals surface area contributed by atoms with E-state index in [0.717, 1.165) is 0 Å². The van der Waals surface area contributed by atoms with E-state index < -0.39 is 37.3 Å². The van der Waals surface area contributed by atoms with Gasteiger partial charge in [-0.2, -0.15) is 0 Å². The minimum Gasteiger partial charge on any atom is -0.394 e. The van der Waals surface area contributed by atoms with Gasteiger partial charge in [0.2, 0.25) is 0 Å². The molecule has 0 amide bonds. The van der Waals surface area contributed by atoms with Crippen LogP contribution >= 0.6 is 0 Å². The predicted molar refractivity (Wildman–Crippen MR) is 38.0 cm³/mol. The first-order valence-corrected chi connectivity index (χ1v) is 3.64. The third-order valence-corrected chi connectivity index (χ3v) is 1.95. The first-order valence-electron chi connectivity index (χ1n) is 3.64. The summed E-state index contributed by atoms with van der Waals surface area (Å²) in [5, 5.41) is 36.1. The molecule has 1 rings (SSSR count). The predicted octanol–water partition coefficient (Wildman–Crippen LogP) is -3.26. The van der Waals surface area contributed by atoms with E-state index in [-0.39, 0.29) is 17.1 Å². The Morgan fingerprint density at radius 1 is 1.15 bits per heavy atom. The van der Waals surface area contributed by atoms with Crippen LogP contribution in [0.25, 0.3) is 0 Å². The summed E-state index contributed by atoms with van der Waals surface area (Å²) in [5.74, 6) is 0. The molecule has 1 saturated heterocycles. The van der Waals surface area contributed by atoms with Crippen LogP contribution in [0.2, 0.25) is 0 Å². The second-order valence-electron chi connectivity index (χ2n) is 2.81. The van der Waals surface area contributed by atoms with Gasteiger partial charge in [0.15, 0.2) is 6.29 Å². The summed E-state index contributed by atoms with van der Waals surface area (Å²) >= 11 is 0. The van der Waals surface area contributed by atoms with Gasteiger partial charge in [0, 0.05) is 17.1 Å². The van der Waals surface area contributed by atoms with Crippen LogP contribution in [0.4, 0.5) is 0 Å². The van der Waals surface area contributed by atoms with Crippen LogP contribution in [0, 0.1) is 0 Å². The molecule has 0 aromatic heterocycles. The van der Waals surface area contributed by atoms with Crippen molar-refractivity contribution in [2.45, 2.75) is 30.6 Å². The molecule has 5 atom stereocenters. The molecule has 6 N–H and O–H groups in total. The molecule has 6 nitrogen and oxygen atoms in total. The molecule has 1 aliphatic heterocycles. The summed E-state index contributed by atoms with van der Waals surface area (Å²) < 4.78 is 4.70. The van der Waals surface area contributed by atoms with Crippen molar-refractivity contribution in [2.24, 2.45) is 5.73 Å². The molecule has 0 bridgehead atoms. The summed E-state index contributed by atoms with van der Waals surface area (Å²) in [6.07, 6.45) is -4.85. The fraction of sp³-hybridized carbons (Fsp3) is 1.00. The summed E-state index contributed by atoms with van der Waals surface area (Å²) in [6.45, 7) is -0.470. The average Bonchev–Trinajstić information content (AvgIpc) is 2.08. The molecule has 79 valence electrons. The van der Waals surface area contributed by atoms with Crippen LogP contribution in [-0.4, -0.2) is 57.7 Å². The Hall–Kier alpha value is 0.279. The van der Waals surface area contributed by atoms with Crippen molar-refractivity contribution in [3.05, 3.63) is 0 Å². The van der Waals surface area contributed by atoms with Crippen molar-refractivity contribution < 1.29 is 42.2 Å². The van der Waals surface area contributed by atoms with Crippen molar-refractivity contribution in [1.82, 2.24) is 0 Å². The van der Waals surface area contributed by atoms with Crippen molar-refractivity contribution in [3.63, 3.8) is 0 Å². The van der Waals surface area contributed by atoms with Gasteiger partial charge in [-0.3, -0.25) is 0 Å². The van der Waals surface area contributed by atoms with Gasteiger partial charge >= 0.3 is 0 Å². The second-order valence-corrected chi connectivity index (χ2v) is 2.81. The van der Waals surface area contributed by atoms with Crippen LogP contribution < -0.4 is 5.73 Å². The first kappa shape index (κ1) is 13.3. The molecular weight excluding hydrogens is 221 g/mol. The van der Waals surface area contributed by atoms with E-state index in [0.29, 0.717) is 0 Å². The fourth-order valence-electron chi connectivity index (χ4n) is 1.12. The van der Waals surface area contributed by atoms with Crippen LogP contribution in [0.5, 0.6) is 0 Å². The van der Waals surface area contributed by atoms with Crippen molar-refractivity contribution in [2.75, 3.05) is 6.61 Å². The molecule has 1 radical (unpaired) electrons. The van der Waals surface area contributed by atoms with E-state index in [1.165, 1.54) is 0 Å². The van der Waals surface area contributed by atoms with E-state index in [1.807, 2.05) is 0 Å². The average molecular weight is 234 g/mol. The summed E-state index contributed by atoms with van der Waals surface area (Å²) in [4.78, 5) is 0. The molecule has 0 spiro atoms. The Kier molecular flexibility index (Phi) is 5.34. The van der Waals surface area contributed by atoms with Gasteiger partial charge in [-0.15, -0.1) is 0 Å². The van der Waals surface area contributed by atoms with Gasteiger partial charge in [-0.05, 0) is 0 Å². The van der Waals surface area contributed by atoms with Crippen molar-refractivity contribution in [1.29, 1.82) is 0 Å². The van der Waals surface area contributed by atoms with E-state index >= 15 is 0 Å². The number of rotatable bonds is 1.